The lowest BCUT2D eigenvalue weighted by molar-refractivity contribution is -0.116. The van der Waals surface area contributed by atoms with Gasteiger partial charge in [-0.1, -0.05) is 57.7 Å². The molecule has 0 saturated heterocycles. The van der Waals surface area contributed by atoms with E-state index in [0.29, 0.717) is 59.7 Å². The summed E-state index contributed by atoms with van der Waals surface area (Å²) in [5, 5.41) is 16.4. The minimum absolute atomic E-state index is 0.0468. The topological polar surface area (TPSA) is 117 Å². The van der Waals surface area contributed by atoms with Crippen molar-refractivity contribution < 1.29 is 19.1 Å². The summed E-state index contributed by atoms with van der Waals surface area (Å²) in [5.41, 5.74) is 4.34. The molecule has 0 unspecified atom stereocenters. The zero-order valence-corrected chi connectivity index (χ0v) is 26.5. The monoisotopic (exact) mass is 623 g/mol. The molecule has 0 fully saturated rings. The van der Waals surface area contributed by atoms with Crippen molar-refractivity contribution in [2.45, 2.75) is 45.6 Å². The molecule has 0 saturated carbocycles. The van der Waals surface area contributed by atoms with Crippen LogP contribution in [0.4, 0.5) is 21.6 Å². The van der Waals surface area contributed by atoms with E-state index in [2.05, 4.69) is 22.2 Å². The van der Waals surface area contributed by atoms with Crippen LogP contribution in [-0.4, -0.2) is 39.6 Å². The lowest BCUT2D eigenvalue weighted by Crippen LogP contribution is -2.39. The van der Waals surface area contributed by atoms with Gasteiger partial charge in [0.15, 0.2) is 5.82 Å². The number of rotatable bonds is 9. The van der Waals surface area contributed by atoms with Gasteiger partial charge in [0.1, 0.15) is 5.82 Å². The normalized spacial score (nSPS) is 12.9. The molecule has 4 aromatic rings. The fraction of sp³-hybridized carbons (Fsp3) is 0.278. The molecule has 9 nitrogen and oxygen atoms in total. The molecule has 0 bridgehead atoms. The van der Waals surface area contributed by atoms with Gasteiger partial charge in [-0.25, -0.2) is 9.37 Å². The van der Waals surface area contributed by atoms with Crippen LogP contribution in [0.5, 0.6) is 0 Å². The molecule has 0 atom stereocenters. The number of aliphatic hydroxyl groups is 1. The fourth-order valence-electron chi connectivity index (χ4n) is 5.63. The molecular formula is C36H38FN5O4. The Hall–Kier alpha value is -5.09. The highest BCUT2D eigenvalue weighted by molar-refractivity contribution is 6.09. The molecule has 0 aliphatic carbocycles. The third kappa shape index (κ3) is 6.62. The summed E-state index contributed by atoms with van der Waals surface area (Å²) in [5.74, 6) is -1.20. The van der Waals surface area contributed by atoms with Crippen molar-refractivity contribution in [3.63, 3.8) is 0 Å². The van der Waals surface area contributed by atoms with Crippen molar-refractivity contribution in [3.05, 3.63) is 117 Å². The van der Waals surface area contributed by atoms with E-state index >= 15 is 4.39 Å². The van der Waals surface area contributed by atoms with Crippen molar-refractivity contribution in [1.82, 2.24) is 14.9 Å². The Balaban J connectivity index is 1.47. The van der Waals surface area contributed by atoms with Crippen LogP contribution in [0.1, 0.15) is 53.4 Å². The van der Waals surface area contributed by atoms with Crippen LogP contribution in [-0.2, 0) is 36.7 Å². The first kappa shape index (κ1) is 32.3. The van der Waals surface area contributed by atoms with E-state index in [1.165, 1.54) is 21.6 Å². The number of halogens is 1. The van der Waals surface area contributed by atoms with Crippen LogP contribution in [0, 0.1) is 5.82 Å². The van der Waals surface area contributed by atoms with E-state index in [9.17, 15) is 19.5 Å². The summed E-state index contributed by atoms with van der Waals surface area (Å²) in [6.45, 7) is 9.80. The van der Waals surface area contributed by atoms with Crippen LogP contribution in [0.2, 0.25) is 0 Å². The average Bonchev–Trinajstić information content (AvgIpc) is 3.02. The van der Waals surface area contributed by atoms with Gasteiger partial charge >= 0.3 is 0 Å². The SMILES string of the molecule is C=CC(=O)NCCc1cccc(Nc2nc(-c3cccc(N4CCc5cc(C(C)(C)C)cc(F)c5C4=O)c3CO)cn(C)c2=O)c1. The summed E-state index contributed by atoms with van der Waals surface area (Å²) in [6, 6.07) is 16.0. The summed E-state index contributed by atoms with van der Waals surface area (Å²) < 4.78 is 16.8. The third-order valence-corrected chi connectivity index (χ3v) is 8.14. The van der Waals surface area contributed by atoms with Crippen LogP contribution >= 0.6 is 0 Å². The summed E-state index contributed by atoms with van der Waals surface area (Å²) in [4.78, 5) is 44.4. The first-order chi connectivity index (χ1) is 21.9. The standard InChI is InChI=1S/C36H38FN5O4/c1-6-31(44)38-15-13-22-9-7-10-25(17-22)39-33-35(46)41(5)20-29(40-33)26-11-8-12-30(27(26)21-43)42-16-14-23-18-24(36(2,3)4)19-28(37)32(23)34(42)45/h6-12,17-20,43H,1,13-16,21H2,2-5H3,(H,38,44)(H,39,40). The molecule has 2 amide bonds. The van der Waals surface area contributed by atoms with Gasteiger partial charge in [0.25, 0.3) is 11.5 Å². The number of anilines is 3. The Morgan fingerprint density at radius 3 is 2.61 bits per heavy atom. The first-order valence-corrected chi connectivity index (χ1v) is 15.1. The van der Waals surface area contributed by atoms with Gasteiger partial charge in [0, 0.05) is 43.1 Å². The number of carbonyl (C=O) groups is 2. The highest BCUT2D eigenvalue weighted by Crippen LogP contribution is 2.36. The predicted octanol–water partition coefficient (Wildman–Crippen LogP) is 5.17. The van der Waals surface area contributed by atoms with Crippen molar-refractivity contribution in [3.8, 4) is 11.3 Å². The number of aliphatic hydroxyl groups excluding tert-OH is 1. The van der Waals surface area contributed by atoms with Crippen molar-refractivity contribution in [2.75, 3.05) is 23.3 Å². The largest absolute Gasteiger partial charge is 0.392 e. The van der Waals surface area contributed by atoms with Crippen molar-refractivity contribution >= 4 is 29.0 Å². The zero-order chi connectivity index (χ0) is 33.2. The molecular weight excluding hydrogens is 585 g/mol. The Labute approximate surface area is 267 Å². The first-order valence-electron chi connectivity index (χ1n) is 15.1. The number of nitrogens with one attached hydrogen (secondary N) is 2. The molecule has 0 spiro atoms. The number of hydrogen-bond acceptors (Lipinski definition) is 6. The van der Waals surface area contributed by atoms with E-state index in [0.717, 1.165) is 11.1 Å². The third-order valence-electron chi connectivity index (χ3n) is 8.14. The number of fused-ring (bicyclic) bond motifs is 1. The number of amides is 2. The van der Waals surface area contributed by atoms with Crippen LogP contribution in [0.3, 0.4) is 0 Å². The van der Waals surface area contributed by atoms with Gasteiger partial charge in [-0.15, -0.1) is 0 Å². The van der Waals surface area contributed by atoms with Gasteiger partial charge in [-0.2, -0.15) is 0 Å². The fourth-order valence-corrected chi connectivity index (χ4v) is 5.63. The zero-order valence-electron chi connectivity index (χ0n) is 26.5. The van der Waals surface area contributed by atoms with E-state index in [-0.39, 0.29) is 28.3 Å². The maximum atomic E-state index is 15.4. The highest BCUT2D eigenvalue weighted by Gasteiger charge is 2.32. The Bertz CT molecular complexity index is 1890. The molecule has 3 N–H and O–H groups in total. The quantitative estimate of drug-likeness (QED) is 0.222. The van der Waals surface area contributed by atoms with E-state index in [1.54, 1.807) is 31.4 Å². The smallest absolute Gasteiger partial charge is 0.293 e. The number of carbonyl (C=O) groups excluding carboxylic acids is 2. The molecule has 238 valence electrons. The average molecular weight is 624 g/mol. The maximum Gasteiger partial charge on any atom is 0.293 e. The number of aromatic nitrogens is 2. The van der Waals surface area contributed by atoms with Gasteiger partial charge in [-0.05, 0) is 65.3 Å². The lowest BCUT2D eigenvalue weighted by atomic mass is 9.83. The van der Waals surface area contributed by atoms with E-state index in [1.807, 2.05) is 51.1 Å². The van der Waals surface area contributed by atoms with Gasteiger partial charge in [0.05, 0.1) is 23.6 Å². The lowest BCUT2D eigenvalue weighted by Gasteiger charge is -2.32. The number of benzene rings is 3. The maximum absolute atomic E-state index is 15.4. The predicted molar refractivity (Wildman–Crippen MR) is 178 cm³/mol. The minimum Gasteiger partial charge on any atom is -0.392 e. The number of nitrogens with zero attached hydrogens (tertiary/aromatic N) is 3. The molecule has 2 heterocycles. The summed E-state index contributed by atoms with van der Waals surface area (Å²) in [7, 11) is 1.61. The number of aryl methyl sites for hydroxylation is 1. The van der Waals surface area contributed by atoms with Crippen LogP contribution in [0.25, 0.3) is 11.3 Å². The molecule has 1 aliphatic rings. The van der Waals surface area contributed by atoms with E-state index < -0.39 is 18.3 Å². The highest BCUT2D eigenvalue weighted by atomic mass is 19.1. The molecule has 0 radical (unpaired) electrons. The van der Waals surface area contributed by atoms with Crippen LogP contribution < -0.4 is 21.1 Å². The second-order valence-corrected chi connectivity index (χ2v) is 12.4. The molecule has 5 rings (SSSR count). The Kier molecular flexibility index (Phi) is 9.20. The molecule has 1 aliphatic heterocycles. The van der Waals surface area contributed by atoms with Gasteiger partial charge in [0.2, 0.25) is 5.91 Å². The van der Waals surface area contributed by atoms with Crippen LogP contribution in [0.15, 0.2) is 78.2 Å². The number of hydrogen-bond donors (Lipinski definition) is 3. The molecule has 46 heavy (non-hydrogen) atoms. The second kappa shape index (κ2) is 13.1. The molecule has 10 heteroatoms. The Morgan fingerprint density at radius 1 is 1.13 bits per heavy atom. The van der Waals surface area contributed by atoms with Gasteiger partial charge in [-0.3, -0.25) is 14.4 Å². The summed E-state index contributed by atoms with van der Waals surface area (Å²) >= 11 is 0. The van der Waals surface area contributed by atoms with E-state index in [4.69, 9.17) is 0 Å². The minimum atomic E-state index is -0.556. The Morgan fingerprint density at radius 2 is 1.89 bits per heavy atom. The second-order valence-electron chi connectivity index (χ2n) is 12.4. The van der Waals surface area contributed by atoms with Crippen molar-refractivity contribution in [1.29, 1.82) is 0 Å². The molecule has 1 aromatic heterocycles. The van der Waals surface area contributed by atoms with Gasteiger partial charge < -0.3 is 25.2 Å². The summed E-state index contributed by atoms with van der Waals surface area (Å²) in [6.07, 6.45) is 3.83. The molecule has 3 aromatic carbocycles. The van der Waals surface area contributed by atoms with Crippen molar-refractivity contribution in [2.24, 2.45) is 7.05 Å².